The van der Waals surface area contributed by atoms with Crippen molar-refractivity contribution in [1.82, 2.24) is 10.6 Å². The van der Waals surface area contributed by atoms with Crippen molar-refractivity contribution in [2.24, 2.45) is 0 Å². The van der Waals surface area contributed by atoms with E-state index in [0.29, 0.717) is 42.2 Å². The van der Waals surface area contributed by atoms with E-state index >= 15 is 0 Å². The quantitative estimate of drug-likeness (QED) is 0.457. The Hall–Kier alpha value is -3.39. The Kier molecular flexibility index (Phi) is 8.65. The van der Waals surface area contributed by atoms with Gasteiger partial charge in [-0.1, -0.05) is 6.07 Å². The average molecular weight is 398 g/mol. The van der Waals surface area contributed by atoms with Gasteiger partial charge in [0.2, 0.25) is 5.91 Å². The summed E-state index contributed by atoms with van der Waals surface area (Å²) < 4.78 is 4.90. The van der Waals surface area contributed by atoms with Crippen LogP contribution < -0.4 is 21.3 Å². The normalized spacial score (nSPS) is 10.1. The largest absolute Gasteiger partial charge is 0.383 e. The van der Waals surface area contributed by atoms with Crippen LogP contribution in [-0.4, -0.2) is 51.1 Å². The molecule has 0 bridgehead atoms. The number of carbonyl (C=O) groups excluding carboxylic acids is 3. The maximum absolute atomic E-state index is 12.2. The first kappa shape index (κ1) is 21.9. The molecule has 0 saturated carbocycles. The highest BCUT2D eigenvalue weighted by Crippen LogP contribution is 2.12. The van der Waals surface area contributed by atoms with Gasteiger partial charge in [-0.3, -0.25) is 14.4 Å². The lowest BCUT2D eigenvalue weighted by Crippen LogP contribution is -2.27. The highest BCUT2D eigenvalue weighted by Gasteiger charge is 2.08. The first-order valence-electron chi connectivity index (χ1n) is 9.32. The number of ether oxygens (including phenoxy) is 1. The lowest BCUT2D eigenvalue weighted by atomic mass is 10.2. The molecule has 8 heteroatoms. The molecule has 154 valence electrons. The fourth-order valence-electron chi connectivity index (χ4n) is 2.49. The van der Waals surface area contributed by atoms with Gasteiger partial charge in [-0.25, -0.2) is 0 Å². The summed E-state index contributed by atoms with van der Waals surface area (Å²) in [6.07, 6.45) is 0. The smallest absolute Gasteiger partial charge is 0.251 e. The molecule has 4 N–H and O–H groups in total. The van der Waals surface area contributed by atoms with Crippen LogP contribution in [-0.2, 0) is 9.53 Å². The molecule has 0 atom stereocenters. The minimum Gasteiger partial charge on any atom is -0.383 e. The summed E-state index contributed by atoms with van der Waals surface area (Å²) in [6.45, 7) is 3.30. The van der Waals surface area contributed by atoms with E-state index in [1.165, 1.54) is 0 Å². The molecular weight excluding hydrogens is 372 g/mol. The van der Waals surface area contributed by atoms with Crippen molar-refractivity contribution in [3.05, 3.63) is 59.7 Å². The SMILES string of the molecule is CCNC(=O)c1ccc(NC(=O)CNc2cccc(C(=O)NCCOC)c2)cc1. The molecule has 0 fully saturated rings. The van der Waals surface area contributed by atoms with E-state index in [-0.39, 0.29) is 24.3 Å². The van der Waals surface area contributed by atoms with Crippen LogP contribution in [0.3, 0.4) is 0 Å². The predicted octanol–water partition coefficient (Wildman–Crippen LogP) is 1.86. The van der Waals surface area contributed by atoms with Gasteiger partial charge in [0.1, 0.15) is 0 Å². The average Bonchev–Trinajstić information content (AvgIpc) is 2.73. The van der Waals surface area contributed by atoms with Gasteiger partial charge in [-0.2, -0.15) is 0 Å². The number of rotatable bonds is 10. The molecule has 0 saturated heterocycles. The summed E-state index contributed by atoms with van der Waals surface area (Å²) in [5, 5.41) is 11.2. The maximum atomic E-state index is 12.2. The van der Waals surface area contributed by atoms with Gasteiger partial charge in [0, 0.05) is 42.7 Å². The van der Waals surface area contributed by atoms with Crippen molar-refractivity contribution in [1.29, 1.82) is 0 Å². The van der Waals surface area contributed by atoms with Crippen LogP contribution in [0.25, 0.3) is 0 Å². The molecule has 0 heterocycles. The van der Waals surface area contributed by atoms with Gasteiger partial charge in [0.15, 0.2) is 0 Å². The third-order valence-electron chi connectivity index (χ3n) is 3.94. The lowest BCUT2D eigenvalue weighted by Gasteiger charge is -2.10. The van der Waals surface area contributed by atoms with E-state index < -0.39 is 0 Å². The zero-order chi connectivity index (χ0) is 21.1. The number of amides is 3. The Morgan fingerprint density at radius 3 is 2.31 bits per heavy atom. The fraction of sp³-hybridized carbons (Fsp3) is 0.286. The molecule has 0 aliphatic carbocycles. The standard InChI is InChI=1S/C21H26N4O4/c1-3-22-20(27)15-7-9-17(10-8-15)25-19(26)14-24-18-6-4-5-16(13-18)21(28)23-11-12-29-2/h4-10,13,24H,3,11-12,14H2,1-2H3,(H,22,27)(H,23,28)(H,25,26). The second-order valence-electron chi connectivity index (χ2n) is 6.17. The highest BCUT2D eigenvalue weighted by atomic mass is 16.5. The molecule has 3 amide bonds. The van der Waals surface area contributed by atoms with E-state index in [1.807, 2.05) is 6.92 Å². The van der Waals surface area contributed by atoms with E-state index in [0.717, 1.165) is 0 Å². The minimum atomic E-state index is -0.245. The number of hydrogen-bond donors (Lipinski definition) is 4. The zero-order valence-corrected chi connectivity index (χ0v) is 16.6. The molecule has 0 aromatic heterocycles. The summed E-state index contributed by atoms with van der Waals surface area (Å²) in [4.78, 5) is 36.0. The second kappa shape index (κ2) is 11.5. The van der Waals surface area contributed by atoms with E-state index in [9.17, 15) is 14.4 Å². The molecule has 0 aliphatic rings. The fourth-order valence-corrected chi connectivity index (χ4v) is 2.49. The van der Waals surface area contributed by atoms with Crippen LogP contribution in [0.4, 0.5) is 11.4 Å². The van der Waals surface area contributed by atoms with Crippen LogP contribution in [0.15, 0.2) is 48.5 Å². The van der Waals surface area contributed by atoms with E-state index in [2.05, 4.69) is 21.3 Å². The Bertz CT molecular complexity index is 837. The Labute approximate surface area is 170 Å². The minimum absolute atomic E-state index is 0.0345. The highest BCUT2D eigenvalue weighted by molar-refractivity contribution is 5.97. The van der Waals surface area contributed by atoms with Crippen molar-refractivity contribution in [2.75, 3.05) is 44.0 Å². The molecule has 8 nitrogen and oxygen atoms in total. The Balaban J connectivity index is 1.85. The number of nitrogens with one attached hydrogen (secondary N) is 4. The molecule has 2 aromatic rings. The van der Waals surface area contributed by atoms with Crippen molar-refractivity contribution >= 4 is 29.1 Å². The summed E-state index contributed by atoms with van der Waals surface area (Å²) >= 11 is 0. The van der Waals surface area contributed by atoms with Gasteiger partial charge < -0.3 is 26.0 Å². The van der Waals surface area contributed by atoms with Crippen molar-refractivity contribution in [3.63, 3.8) is 0 Å². The molecule has 0 radical (unpaired) electrons. The second-order valence-corrected chi connectivity index (χ2v) is 6.17. The van der Waals surface area contributed by atoms with Crippen LogP contribution in [0.5, 0.6) is 0 Å². The predicted molar refractivity (Wildman–Crippen MR) is 112 cm³/mol. The van der Waals surface area contributed by atoms with Gasteiger partial charge in [0.25, 0.3) is 11.8 Å². The number of anilines is 2. The number of carbonyl (C=O) groups is 3. The summed E-state index contributed by atoms with van der Waals surface area (Å²) in [7, 11) is 1.57. The van der Waals surface area contributed by atoms with Crippen LogP contribution in [0, 0.1) is 0 Å². The number of methoxy groups -OCH3 is 1. The Morgan fingerprint density at radius 2 is 1.62 bits per heavy atom. The molecule has 2 rings (SSSR count). The molecule has 0 spiro atoms. The maximum Gasteiger partial charge on any atom is 0.251 e. The van der Waals surface area contributed by atoms with Crippen molar-refractivity contribution in [3.8, 4) is 0 Å². The van der Waals surface area contributed by atoms with Gasteiger partial charge in [0.05, 0.1) is 13.2 Å². The van der Waals surface area contributed by atoms with Crippen LogP contribution in [0.1, 0.15) is 27.6 Å². The van der Waals surface area contributed by atoms with Gasteiger partial charge in [-0.05, 0) is 49.4 Å². The Morgan fingerprint density at radius 1 is 0.897 bits per heavy atom. The molecule has 0 aliphatic heterocycles. The first-order chi connectivity index (χ1) is 14.0. The zero-order valence-electron chi connectivity index (χ0n) is 16.6. The summed E-state index contributed by atoms with van der Waals surface area (Å²) in [5.41, 5.74) is 2.28. The summed E-state index contributed by atoms with van der Waals surface area (Å²) in [6, 6.07) is 13.5. The topological polar surface area (TPSA) is 109 Å². The first-order valence-corrected chi connectivity index (χ1v) is 9.32. The van der Waals surface area contributed by atoms with E-state index in [1.54, 1.807) is 55.6 Å². The monoisotopic (exact) mass is 398 g/mol. The third kappa shape index (κ3) is 7.27. The number of benzene rings is 2. The van der Waals surface area contributed by atoms with Crippen LogP contribution in [0.2, 0.25) is 0 Å². The third-order valence-corrected chi connectivity index (χ3v) is 3.94. The van der Waals surface area contributed by atoms with Crippen LogP contribution >= 0.6 is 0 Å². The van der Waals surface area contributed by atoms with Gasteiger partial charge >= 0.3 is 0 Å². The van der Waals surface area contributed by atoms with Crippen molar-refractivity contribution < 1.29 is 19.1 Å². The summed E-state index contributed by atoms with van der Waals surface area (Å²) in [5.74, 6) is -0.605. The molecule has 29 heavy (non-hydrogen) atoms. The lowest BCUT2D eigenvalue weighted by molar-refractivity contribution is -0.114. The van der Waals surface area contributed by atoms with E-state index in [4.69, 9.17) is 4.74 Å². The van der Waals surface area contributed by atoms with Crippen molar-refractivity contribution in [2.45, 2.75) is 6.92 Å². The molecular formula is C21H26N4O4. The number of hydrogen-bond acceptors (Lipinski definition) is 5. The molecule has 0 unspecified atom stereocenters. The van der Waals surface area contributed by atoms with Gasteiger partial charge in [-0.15, -0.1) is 0 Å². The molecule has 2 aromatic carbocycles.